The van der Waals surface area contributed by atoms with Crippen molar-refractivity contribution in [2.45, 2.75) is 24.4 Å². The molecule has 9 heteroatoms. The summed E-state index contributed by atoms with van der Waals surface area (Å²) in [5.74, 6) is -2.39. The molecular weight excluding hydrogens is 374 g/mol. The standard InChI is InChI=1S/C16H13ClF2N2O3S/c1-9-16(22)20-14-6-5-10(17)7-15(14)25(23,24)21(9)8-11-12(18)3-2-4-13(11)19/h2-7,9H,8H2,1H3,(H,20,22). The van der Waals surface area contributed by atoms with Gasteiger partial charge in [-0.1, -0.05) is 17.7 Å². The molecule has 0 fully saturated rings. The van der Waals surface area contributed by atoms with Crippen molar-refractivity contribution < 1.29 is 22.0 Å². The molecule has 0 aromatic heterocycles. The molecule has 132 valence electrons. The van der Waals surface area contributed by atoms with Crippen LogP contribution in [0.15, 0.2) is 41.3 Å². The smallest absolute Gasteiger partial charge is 0.246 e. The second kappa shape index (κ2) is 6.36. The summed E-state index contributed by atoms with van der Waals surface area (Å²) in [6, 6.07) is 6.05. The Kier molecular flexibility index (Phi) is 4.52. The molecule has 1 aliphatic rings. The van der Waals surface area contributed by atoms with Gasteiger partial charge in [-0.05, 0) is 37.3 Å². The first-order valence-electron chi connectivity index (χ1n) is 7.27. The zero-order valence-electron chi connectivity index (χ0n) is 13.0. The highest BCUT2D eigenvalue weighted by Crippen LogP contribution is 2.33. The highest BCUT2D eigenvalue weighted by atomic mass is 35.5. The van der Waals surface area contributed by atoms with E-state index < -0.39 is 45.7 Å². The maximum absolute atomic E-state index is 14.0. The summed E-state index contributed by atoms with van der Waals surface area (Å²) in [7, 11) is -4.22. The van der Waals surface area contributed by atoms with E-state index in [9.17, 15) is 22.0 Å². The maximum Gasteiger partial charge on any atom is 0.246 e. The van der Waals surface area contributed by atoms with Crippen LogP contribution in [0.3, 0.4) is 0 Å². The number of nitrogens with zero attached hydrogens (tertiary/aromatic N) is 1. The van der Waals surface area contributed by atoms with Crippen LogP contribution in [0, 0.1) is 11.6 Å². The fourth-order valence-electron chi connectivity index (χ4n) is 2.58. The molecule has 1 heterocycles. The molecule has 25 heavy (non-hydrogen) atoms. The summed E-state index contributed by atoms with van der Waals surface area (Å²) in [5, 5.41) is 2.65. The van der Waals surface area contributed by atoms with Crippen molar-refractivity contribution in [3.8, 4) is 0 Å². The molecule has 1 atom stereocenters. The van der Waals surface area contributed by atoms with E-state index >= 15 is 0 Å². The van der Waals surface area contributed by atoms with Crippen LogP contribution in [0.2, 0.25) is 5.02 Å². The fourth-order valence-corrected chi connectivity index (χ4v) is 4.55. The van der Waals surface area contributed by atoms with Gasteiger partial charge in [-0.3, -0.25) is 4.79 Å². The fraction of sp³-hybridized carbons (Fsp3) is 0.188. The average molecular weight is 387 g/mol. The van der Waals surface area contributed by atoms with E-state index in [4.69, 9.17) is 11.6 Å². The largest absolute Gasteiger partial charge is 0.323 e. The molecule has 0 spiro atoms. The number of nitrogens with one attached hydrogen (secondary N) is 1. The molecule has 2 aromatic rings. The Bertz CT molecular complexity index is 946. The lowest BCUT2D eigenvalue weighted by atomic mass is 10.2. The lowest BCUT2D eigenvalue weighted by Crippen LogP contribution is -2.43. The van der Waals surface area contributed by atoms with Gasteiger partial charge in [0, 0.05) is 17.1 Å². The SMILES string of the molecule is CC1C(=O)Nc2ccc(Cl)cc2S(=O)(=O)N1Cc1c(F)cccc1F. The molecule has 1 amide bonds. The summed E-state index contributed by atoms with van der Waals surface area (Å²) in [4.78, 5) is 12.1. The van der Waals surface area contributed by atoms with Crippen molar-refractivity contribution in [2.24, 2.45) is 0 Å². The monoisotopic (exact) mass is 386 g/mol. The Morgan fingerprint density at radius 3 is 2.48 bits per heavy atom. The Hall–Kier alpha value is -2.03. The number of sulfonamides is 1. The van der Waals surface area contributed by atoms with Crippen LogP contribution in [-0.2, 0) is 21.4 Å². The van der Waals surface area contributed by atoms with E-state index in [0.29, 0.717) is 0 Å². The third-order valence-corrected chi connectivity index (χ3v) is 6.17. The molecule has 0 aliphatic carbocycles. The van der Waals surface area contributed by atoms with Gasteiger partial charge in [0.2, 0.25) is 15.9 Å². The van der Waals surface area contributed by atoms with E-state index in [-0.39, 0.29) is 15.6 Å². The van der Waals surface area contributed by atoms with E-state index in [0.717, 1.165) is 16.4 Å². The first-order valence-corrected chi connectivity index (χ1v) is 9.09. The molecule has 1 aliphatic heterocycles. The van der Waals surface area contributed by atoms with Crippen LogP contribution in [0.4, 0.5) is 14.5 Å². The van der Waals surface area contributed by atoms with Crippen molar-refractivity contribution in [3.63, 3.8) is 0 Å². The van der Waals surface area contributed by atoms with Gasteiger partial charge in [0.15, 0.2) is 0 Å². The Morgan fingerprint density at radius 1 is 1.20 bits per heavy atom. The van der Waals surface area contributed by atoms with Gasteiger partial charge < -0.3 is 5.32 Å². The molecule has 5 nitrogen and oxygen atoms in total. The summed E-state index contributed by atoms with van der Waals surface area (Å²) >= 11 is 5.87. The number of carbonyl (C=O) groups is 1. The normalized spacial score (nSPS) is 19.8. The van der Waals surface area contributed by atoms with Gasteiger partial charge in [-0.25, -0.2) is 17.2 Å². The predicted molar refractivity (Wildman–Crippen MR) is 88.6 cm³/mol. The minimum Gasteiger partial charge on any atom is -0.323 e. The molecule has 0 bridgehead atoms. The third-order valence-electron chi connectivity index (χ3n) is 3.98. The molecule has 1 unspecified atom stereocenters. The van der Waals surface area contributed by atoms with Crippen LogP contribution in [-0.4, -0.2) is 24.7 Å². The highest BCUT2D eigenvalue weighted by molar-refractivity contribution is 7.89. The number of anilines is 1. The van der Waals surface area contributed by atoms with Crippen LogP contribution in [0.25, 0.3) is 0 Å². The molecule has 0 saturated heterocycles. The summed E-state index contributed by atoms with van der Waals surface area (Å²) in [5.41, 5.74) is -0.367. The number of halogens is 3. The van der Waals surface area contributed by atoms with E-state index in [1.54, 1.807) is 0 Å². The van der Waals surface area contributed by atoms with E-state index in [2.05, 4.69) is 5.32 Å². The second-order valence-corrected chi connectivity index (χ2v) is 7.85. The van der Waals surface area contributed by atoms with Crippen LogP contribution < -0.4 is 5.32 Å². The van der Waals surface area contributed by atoms with Gasteiger partial charge in [-0.15, -0.1) is 0 Å². The minimum atomic E-state index is -4.22. The van der Waals surface area contributed by atoms with Gasteiger partial charge in [0.25, 0.3) is 0 Å². The van der Waals surface area contributed by atoms with Crippen LogP contribution in [0.1, 0.15) is 12.5 Å². The van der Waals surface area contributed by atoms with Crippen molar-refractivity contribution in [1.29, 1.82) is 0 Å². The number of rotatable bonds is 2. The van der Waals surface area contributed by atoms with Crippen molar-refractivity contribution in [2.75, 3.05) is 5.32 Å². The first-order chi connectivity index (χ1) is 11.7. The van der Waals surface area contributed by atoms with E-state index in [1.807, 2.05) is 0 Å². The van der Waals surface area contributed by atoms with Gasteiger partial charge in [0.05, 0.1) is 5.69 Å². The summed E-state index contributed by atoms with van der Waals surface area (Å²) < 4.78 is 54.7. The predicted octanol–water partition coefficient (Wildman–Crippen LogP) is 3.15. The minimum absolute atomic E-state index is 0.0674. The van der Waals surface area contributed by atoms with E-state index in [1.165, 1.54) is 31.2 Å². The van der Waals surface area contributed by atoms with Crippen molar-refractivity contribution in [3.05, 3.63) is 58.6 Å². The quantitative estimate of drug-likeness (QED) is 0.862. The molecule has 1 N–H and O–H groups in total. The van der Waals surface area contributed by atoms with Gasteiger partial charge in [0.1, 0.15) is 22.6 Å². The number of amides is 1. The lowest BCUT2D eigenvalue weighted by Gasteiger charge is -2.25. The summed E-state index contributed by atoms with van der Waals surface area (Å²) in [6.07, 6.45) is 0. The number of fused-ring (bicyclic) bond motifs is 1. The summed E-state index contributed by atoms with van der Waals surface area (Å²) in [6.45, 7) is 0.723. The lowest BCUT2D eigenvalue weighted by molar-refractivity contribution is -0.119. The highest BCUT2D eigenvalue weighted by Gasteiger charge is 2.39. The number of carbonyl (C=O) groups excluding carboxylic acids is 1. The van der Waals surface area contributed by atoms with Crippen LogP contribution >= 0.6 is 11.6 Å². The van der Waals surface area contributed by atoms with Crippen molar-refractivity contribution >= 4 is 33.2 Å². The number of benzene rings is 2. The Morgan fingerprint density at radius 2 is 1.84 bits per heavy atom. The maximum atomic E-state index is 14.0. The molecule has 0 saturated carbocycles. The molecule has 0 radical (unpaired) electrons. The third kappa shape index (κ3) is 3.12. The van der Waals surface area contributed by atoms with Crippen molar-refractivity contribution in [1.82, 2.24) is 4.31 Å². The second-order valence-electron chi connectivity index (χ2n) is 5.56. The number of hydrogen-bond acceptors (Lipinski definition) is 3. The first kappa shape index (κ1) is 17.8. The molecule has 3 rings (SSSR count). The number of hydrogen-bond donors (Lipinski definition) is 1. The molecular formula is C16H13ClF2N2O3S. The zero-order chi connectivity index (χ0) is 18.4. The van der Waals surface area contributed by atoms with Gasteiger partial charge >= 0.3 is 0 Å². The van der Waals surface area contributed by atoms with Crippen LogP contribution in [0.5, 0.6) is 0 Å². The zero-order valence-corrected chi connectivity index (χ0v) is 14.5. The average Bonchev–Trinajstić information content (AvgIpc) is 2.60. The topological polar surface area (TPSA) is 66.5 Å². The van der Waals surface area contributed by atoms with Gasteiger partial charge in [-0.2, -0.15) is 4.31 Å². The Labute approximate surface area is 148 Å². The molecule has 2 aromatic carbocycles. The Balaban J connectivity index is 2.16.